The third-order valence-corrected chi connectivity index (χ3v) is 5.83. The lowest BCUT2D eigenvalue weighted by Crippen LogP contribution is -2.24. The summed E-state index contributed by atoms with van der Waals surface area (Å²) in [4.78, 5) is 17.1. The molecular formula is C23H20N4O2S. The van der Waals surface area contributed by atoms with Gasteiger partial charge >= 0.3 is 0 Å². The summed E-state index contributed by atoms with van der Waals surface area (Å²) in [6, 6.07) is 19.6. The van der Waals surface area contributed by atoms with Crippen molar-refractivity contribution < 1.29 is 9.53 Å². The fourth-order valence-corrected chi connectivity index (χ4v) is 4.29. The van der Waals surface area contributed by atoms with Gasteiger partial charge in [-0.3, -0.25) is 9.20 Å². The summed E-state index contributed by atoms with van der Waals surface area (Å²) in [5.74, 6) is 0.956. The van der Waals surface area contributed by atoms with Gasteiger partial charge in [0.2, 0.25) is 5.91 Å². The van der Waals surface area contributed by atoms with Gasteiger partial charge in [0.15, 0.2) is 5.65 Å². The summed E-state index contributed by atoms with van der Waals surface area (Å²) in [5.41, 5.74) is 4.74. The number of hydrogen-bond donors (Lipinski definition) is 1. The number of pyridine rings is 1. The lowest BCUT2D eigenvalue weighted by atomic mass is 10.2. The minimum Gasteiger partial charge on any atom is -0.497 e. The number of thioether (sulfide) groups is 1. The molecule has 0 aliphatic heterocycles. The predicted octanol–water partition coefficient (Wildman–Crippen LogP) is 4.08. The van der Waals surface area contributed by atoms with Gasteiger partial charge in [0.1, 0.15) is 11.8 Å². The molecule has 0 radical (unpaired) electrons. The Morgan fingerprint density at radius 2 is 2.07 bits per heavy atom. The number of amides is 1. The molecule has 150 valence electrons. The topological polar surface area (TPSA) is 79.4 Å². The molecule has 2 aromatic heterocycles. The van der Waals surface area contributed by atoms with Gasteiger partial charge in [0.25, 0.3) is 0 Å². The summed E-state index contributed by atoms with van der Waals surface area (Å²) in [5, 5.41) is 13.4. The molecule has 2 heterocycles. The molecule has 0 bridgehead atoms. The number of rotatable bonds is 6. The van der Waals surface area contributed by atoms with Crippen LogP contribution in [0.4, 0.5) is 0 Å². The van der Waals surface area contributed by atoms with Crippen LogP contribution < -0.4 is 10.1 Å². The van der Waals surface area contributed by atoms with E-state index in [0.29, 0.717) is 17.8 Å². The highest BCUT2D eigenvalue weighted by molar-refractivity contribution is 7.99. The van der Waals surface area contributed by atoms with Crippen LogP contribution in [-0.4, -0.2) is 28.2 Å². The number of ether oxygens (including phenoxy) is 1. The largest absolute Gasteiger partial charge is 0.497 e. The molecule has 1 N–H and O–H groups in total. The molecule has 0 aliphatic carbocycles. The van der Waals surface area contributed by atoms with Gasteiger partial charge in [-0.25, -0.2) is 4.98 Å². The number of methoxy groups -OCH3 is 1. The van der Waals surface area contributed by atoms with Crippen LogP contribution in [0.1, 0.15) is 16.7 Å². The Balaban J connectivity index is 1.55. The third kappa shape index (κ3) is 3.82. The maximum Gasteiger partial charge on any atom is 0.230 e. The Hall–Kier alpha value is -3.50. The number of benzene rings is 2. The number of carbonyl (C=O) groups excluding carboxylic acids is 1. The highest BCUT2D eigenvalue weighted by Crippen LogP contribution is 2.29. The number of nitriles is 1. The Kier molecular flexibility index (Phi) is 5.59. The van der Waals surface area contributed by atoms with Crippen molar-refractivity contribution in [3.63, 3.8) is 0 Å². The predicted molar refractivity (Wildman–Crippen MR) is 118 cm³/mol. The first-order valence-electron chi connectivity index (χ1n) is 9.44. The Morgan fingerprint density at radius 1 is 1.23 bits per heavy atom. The van der Waals surface area contributed by atoms with Gasteiger partial charge < -0.3 is 10.1 Å². The molecule has 4 aromatic rings. The first-order valence-corrected chi connectivity index (χ1v) is 10.4. The molecule has 0 aliphatic rings. The SMILES string of the molecule is COc1cccc(CNC(=O)CSc2cc(C)c(C#N)c3nc4ccccc4n23)c1. The highest BCUT2D eigenvalue weighted by atomic mass is 32.2. The van der Waals surface area contributed by atoms with Gasteiger partial charge in [0.05, 0.1) is 34.5 Å². The molecule has 0 atom stereocenters. The maximum atomic E-state index is 12.4. The van der Waals surface area contributed by atoms with E-state index in [1.54, 1.807) is 7.11 Å². The van der Waals surface area contributed by atoms with E-state index in [-0.39, 0.29) is 11.7 Å². The van der Waals surface area contributed by atoms with Crippen LogP contribution in [0.5, 0.6) is 5.75 Å². The average Bonchev–Trinajstić information content (AvgIpc) is 3.15. The van der Waals surface area contributed by atoms with E-state index in [1.807, 2.05) is 65.9 Å². The van der Waals surface area contributed by atoms with Crippen molar-refractivity contribution in [3.8, 4) is 11.8 Å². The number of fused-ring (bicyclic) bond motifs is 3. The molecule has 0 fully saturated rings. The minimum absolute atomic E-state index is 0.0672. The Labute approximate surface area is 178 Å². The molecule has 1 amide bonds. The molecule has 2 aromatic carbocycles. The van der Waals surface area contributed by atoms with Crippen molar-refractivity contribution in [2.24, 2.45) is 0 Å². The summed E-state index contributed by atoms with van der Waals surface area (Å²) in [6.45, 7) is 2.33. The Bertz CT molecular complexity index is 1290. The van der Waals surface area contributed by atoms with Crippen molar-refractivity contribution >= 4 is 34.3 Å². The molecular weight excluding hydrogens is 396 g/mol. The van der Waals surface area contributed by atoms with Crippen LogP contribution in [0.15, 0.2) is 59.6 Å². The minimum atomic E-state index is -0.0672. The van der Waals surface area contributed by atoms with Crippen molar-refractivity contribution in [1.29, 1.82) is 5.26 Å². The van der Waals surface area contributed by atoms with Gasteiger partial charge in [-0.1, -0.05) is 36.0 Å². The van der Waals surface area contributed by atoms with Gasteiger partial charge in [-0.05, 0) is 48.4 Å². The number of nitrogens with zero attached hydrogens (tertiary/aromatic N) is 3. The summed E-state index contributed by atoms with van der Waals surface area (Å²) in [6.07, 6.45) is 0. The van der Waals surface area contributed by atoms with Crippen LogP contribution in [0.3, 0.4) is 0 Å². The van der Waals surface area contributed by atoms with Gasteiger partial charge in [-0.2, -0.15) is 5.26 Å². The quantitative estimate of drug-likeness (QED) is 0.479. The number of hydrogen-bond acceptors (Lipinski definition) is 5. The molecule has 7 heteroatoms. The van der Waals surface area contributed by atoms with Crippen molar-refractivity contribution in [1.82, 2.24) is 14.7 Å². The average molecular weight is 417 g/mol. The fraction of sp³-hybridized carbons (Fsp3) is 0.174. The highest BCUT2D eigenvalue weighted by Gasteiger charge is 2.16. The standard InChI is InChI=1S/C23H20N4O2S/c1-15-10-22(27-20-9-4-3-8-19(20)26-23(27)18(15)12-24)30-14-21(28)25-13-16-6-5-7-17(11-16)29-2/h3-11H,13-14H2,1-2H3,(H,25,28). The first kappa shape index (κ1) is 19.8. The molecule has 6 nitrogen and oxygen atoms in total. The van der Waals surface area contributed by atoms with E-state index < -0.39 is 0 Å². The molecule has 0 spiro atoms. The molecule has 30 heavy (non-hydrogen) atoms. The van der Waals surface area contributed by atoms with Crippen molar-refractivity contribution in [3.05, 3.63) is 71.3 Å². The second-order valence-electron chi connectivity index (χ2n) is 6.83. The number of nitrogens with one attached hydrogen (secondary N) is 1. The molecule has 0 saturated carbocycles. The smallest absolute Gasteiger partial charge is 0.230 e. The van der Waals surface area contributed by atoms with E-state index in [0.717, 1.165) is 32.9 Å². The van der Waals surface area contributed by atoms with Crippen LogP contribution in [0, 0.1) is 18.3 Å². The monoisotopic (exact) mass is 416 g/mol. The second kappa shape index (κ2) is 8.47. The van der Waals surface area contributed by atoms with E-state index >= 15 is 0 Å². The molecule has 0 saturated heterocycles. The Morgan fingerprint density at radius 3 is 2.87 bits per heavy atom. The van der Waals surface area contributed by atoms with Gasteiger partial charge in [0, 0.05) is 6.54 Å². The van der Waals surface area contributed by atoms with Crippen LogP contribution >= 0.6 is 11.8 Å². The summed E-state index contributed by atoms with van der Waals surface area (Å²) >= 11 is 1.43. The lowest BCUT2D eigenvalue weighted by Gasteiger charge is -2.10. The number of para-hydroxylation sites is 2. The normalized spacial score (nSPS) is 10.8. The van der Waals surface area contributed by atoms with Gasteiger partial charge in [-0.15, -0.1) is 0 Å². The lowest BCUT2D eigenvalue weighted by molar-refractivity contribution is -0.118. The summed E-state index contributed by atoms with van der Waals surface area (Å²) < 4.78 is 7.18. The third-order valence-electron chi connectivity index (χ3n) is 4.83. The zero-order valence-electron chi connectivity index (χ0n) is 16.7. The van der Waals surface area contributed by atoms with Crippen molar-refractivity contribution in [2.75, 3.05) is 12.9 Å². The van der Waals surface area contributed by atoms with Crippen molar-refractivity contribution in [2.45, 2.75) is 18.5 Å². The van der Waals surface area contributed by atoms with E-state index in [9.17, 15) is 10.1 Å². The second-order valence-corrected chi connectivity index (χ2v) is 7.82. The zero-order chi connectivity index (χ0) is 21.1. The molecule has 4 rings (SSSR count). The van der Waals surface area contributed by atoms with Crippen LogP contribution in [0.25, 0.3) is 16.7 Å². The zero-order valence-corrected chi connectivity index (χ0v) is 17.5. The van der Waals surface area contributed by atoms with E-state index in [4.69, 9.17) is 4.74 Å². The first-order chi connectivity index (χ1) is 14.6. The van der Waals surface area contributed by atoms with E-state index in [2.05, 4.69) is 16.4 Å². The van der Waals surface area contributed by atoms with Crippen LogP contribution in [-0.2, 0) is 11.3 Å². The number of aryl methyl sites for hydroxylation is 1. The summed E-state index contributed by atoms with van der Waals surface area (Å²) in [7, 11) is 1.62. The van der Waals surface area contributed by atoms with E-state index in [1.165, 1.54) is 11.8 Å². The van der Waals surface area contributed by atoms with Crippen LogP contribution in [0.2, 0.25) is 0 Å². The fourth-order valence-electron chi connectivity index (χ4n) is 3.33. The maximum absolute atomic E-state index is 12.4. The number of imidazole rings is 1. The molecule has 0 unspecified atom stereocenters. The number of aromatic nitrogens is 2. The number of carbonyl (C=O) groups is 1.